The van der Waals surface area contributed by atoms with Crippen molar-refractivity contribution in [3.05, 3.63) is 67.0 Å². The fourth-order valence-corrected chi connectivity index (χ4v) is 3.51. The van der Waals surface area contributed by atoms with E-state index in [1.807, 2.05) is 41.9 Å². The third kappa shape index (κ3) is 3.26. The Morgan fingerprint density at radius 1 is 1.13 bits per heavy atom. The van der Waals surface area contributed by atoms with E-state index in [-0.39, 0.29) is 11.7 Å². The van der Waals surface area contributed by atoms with Crippen molar-refractivity contribution >= 4 is 28.4 Å². The Morgan fingerprint density at radius 3 is 2.53 bits per heavy atom. The number of carbonyl (C=O) groups is 1. The molecule has 0 radical (unpaired) electrons. The molecule has 2 aromatic carbocycles. The highest BCUT2D eigenvalue weighted by Gasteiger charge is 2.22. The first-order chi connectivity index (χ1) is 14.4. The van der Waals surface area contributed by atoms with Gasteiger partial charge < -0.3 is 20.7 Å². The van der Waals surface area contributed by atoms with E-state index in [0.29, 0.717) is 22.7 Å². The minimum atomic E-state index is -0.226. The first kappa shape index (κ1) is 19.2. The van der Waals surface area contributed by atoms with Crippen LogP contribution in [0.4, 0.5) is 11.5 Å². The molecule has 30 heavy (non-hydrogen) atoms. The number of aromatic hydroxyl groups is 1. The van der Waals surface area contributed by atoms with E-state index in [4.69, 9.17) is 5.73 Å². The molecule has 1 amide bonds. The lowest BCUT2D eigenvalue weighted by atomic mass is 9.98. The van der Waals surface area contributed by atoms with Gasteiger partial charge in [-0.3, -0.25) is 4.79 Å². The van der Waals surface area contributed by atoms with Crippen LogP contribution < -0.4 is 11.1 Å². The van der Waals surface area contributed by atoms with Crippen molar-refractivity contribution in [3.63, 3.8) is 0 Å². The molecule has 0 saturated carbocycles. The molecule has 2 aromatic heterocycles. The molecule has 150 valence electrons. The van der Waals surface area contributed by atoms with E-state index in [1.165, 1.54) is 6.33 Å². The summed E-state index contributed by atoms with van der Waals surface area (Å²) in [5.74, 6) is 0.296. The number of hydrogen-bond donors (Lipinski definition) is 3. The molecule has 7 heteroatoms. The van der Waals surface area contributed by atoms with Crippen LogP contribution in [0.5, 0.6) is 5.75 Å². The van der Waals surface area contributed by atoms with Crippen molar-refractivity contribution in [1.82, 2.24) is 14.5 Å². The highest BCUT2D eigenvalue weighted by Crippen LogP contribution is 2.42. The molecule has 0 bridgehead atoms. The second-order valence-electron chi connectivity index (χ2n) is 7.10. The normalized spacial score (nSPS) is 10.9. The number of nitrogens with two attached hydrogens (primary N) is 1. The summed E-state index contributed by atoms with van der Waals surface area (Å²) in [6, 6.07) is 14.5. The molecule has 0 spiro atoms. The van der Waals surface area contributed by atoms with Gasteiger partial charge in [0.15, 0.2) is 0 Å². The predicted molar refractivity (Wildman–Crippen MR) is 119 cm³/mol. The smallest absolute Gasteiger partial charge is 0.250 e. The zero-order valence-electron chi connectivity index (χ0n) is 16.7. The van der Waals surface area contributed by atoms with Gasteiger partial charge in [0.2, 0.25) is 0 Å². The summed E-state index contributed by atoms with van der Waals surface area (Å²) in [5.41, 5.74) is 11.4. The lowest BCUT2D eigenvalue weighted by molar-refractivity contribution is -0.112. The van der Waals surface area contributed by atoms with Gasteiger partial charge >= 0.3 is 0 Å². The lowest BCUT2D eigenvalue weighted by Crippen LogP contribution is -2.11. The van der Waals surface area contributed by atoms with E-state index in [1.54, 1.807) is 25.1 Å². The maximum absolute atomic E-state index is 11.9. The molecule has 0 fully saturated rings. The molecule has 0 atom stereocenters. The summed E-state index contributed by atoms with van der Waals surface area (Å²) >= 11 is 0. The van der Waals surface area contributed by atoms with Crippen LogP contribution in [-0.2, 0) is 11.8 Å². The number of carbonyl (C=O) groups excluding carboxylic acids is 1. The standard InChI is InChI=1S/C23H21N5O2/c1-13(2)23(30)27-16-9-7-14(8-10-16)20-18(15-5-4-6-17(29)11-15)19-21(24)25-12-26-22(19)28(20)3/h4-12,29H,1H2,2-3H3,(H,27,30)(H2,24,25,26). The van der Waals surface area contributed by atoms with Crippen LogP contribution in [0.1, 0.15) is 6.92 Å². The largest absolute Gasteiger partial charge is 0.508 e. The second kappa shape index (κ2) is 7.36. The average molecular weight is 399 g/mol. The Bertz CT molecular complexity index is 1290. The molecular formula is C23H21N5O2. The van der Waals surface area contributed by atoms with Gasteiger partial charge in [0.1, 0.15) is 23.5 Å². The van der Waals surface area contributed by atoms with Gasteiger partial charge in [-0.2, -0.15) is 0 Å². The number of nitrogen functional groups attached to an aromatic ring is 1. The fourth-order valence-electron chi connectivity index (χ4n) is 3.51. The van der Waals surface area contributed by atoms with Crippen LogP contribution >= 0.6 is 0 Å². The van der Waals surface area contributed by atoms with E-state index >= 15 is 0 Å². The van der Waals surface area contributed by atoms with Crippen molar-refractivity contribution in [2.45, 2.75) is 6.92 Å². The quantitative estimate of drug-likeness (QED) is 0.448. The van der Waals surface area contributed by atoms with Crippen LogP contribution in [0.2, 0.25) is 0 Å². The molecule has 7 nitrogen and oxygen atoms in total. The summed E-state index contributed by atoms with van der Waals surface area (Å²) in [6.45, 7) is 5.31. The number of fused-ring (bicyclic) bond motifs is 1. The molecule has 0 aliphatic heterocycles. The maximum atomic E-state index is 11.9. The zero-order valence-corrected chi connectivity index (χ0v) is 16.7. The molecule has 0 aliphatic carbocycles. The highest BCUT2D eigenvalue weighted by molar-refractivity contribution is 6.08. The van der Waals surface area contributed by atoms with Gasteiger partial charge in [-0.15, -0.1) is 0 Å². The molecule has 4 aromatic rings. The number of amides is 1. The van der Waals surface area contributed by atoms with Gasteiger partial charge in [0.25, 0.3) is 5.91 Å². The van der Waals surface area contributed by atoms with E-state index in [0.717, 1.165) is 27.8 Å². The van der Waals surface area contributed by atoms with Crippen molar-refractivity contribution in [2.75, 3.05) is 11.1 Å². The summed E-state index contributed by atoms with van der Waals surface area (Å²) in [4.78, 5) is 20.5. The molecule has 4 N–H and O–H groups in total. The Balaban J connectivity index is 1.92. The number of aromatic nitrogens is 3. The molecule has 4 rings (SSSR count). The Labute approximate surface area is 173 Å². The number of rotatable bonds is 4. The minimum absolute atomic E-state index is 0.156. The van der Waals surface area contributed by atoms with E-state index < -0.39 is 0 Å². The average Bonchev–Trinajstić information content (AvgIpc) is 3.02. The van der Waals surface area contributed by atoms with Gasteiger partial charge in [0, 0.05) is 23.9 Å². The van der Waals surface area contributed by atoms with Gasteiger partial charge in [-0.05, 0) is 42.3 Å². The van der Waals surface area contributed by atoms with Crippen molar-refractivity contribution < 1.29 is 9.90 Å². The number of phenols is 1. The van der Waals surface area contributed by atoms with Crippen molar-refractivity contribution in [2.24, 2.45) is 7.05 Å². The molecule has 2 heterocycles. The van der Waals surface area contributed by atoms with Crippen LogP contribution in [0.3, 0.4) is 0 Å². The van der Waals surface area contributed by atoms with Crippen LogP contribution in [0, 0.1) is 0 Å². The summed E-state index contributed by atoms with van der Waals surface area (Å²) in [6.07, 6.45) is 1.43. The van der Waals surface area contributed by atoms with Crippen molar-refractivity contribution in [1.29, 1.82) is 0 Å². The van der Waals surface area contributed by atoms with Gasteiger partial charge in [-0.25, -0.2) is 9.97 Å². The third-order valence-corrected chi connectivity index (χ3v) is 4.94. The Kier molecular flexibility index (Phi) is 4.71. The first-order valence-electron chi connectivity index (χ1n) is 9.32. The second-order valence-corrected chi connectivity index (χ2v) is 7.10. The third-order valence-electron chi connectivity index (χ3n) is 4.94. The van der Waals surface area contributed by atoms with E-state index in [2.05, 4.69) is 21.9 Å². The molecule has 0 saturated heterocycles. The topological polar surface area (TPSA) is 106 Å². The van der Waals surface area contributed by atoms with Gasteiger partial charge in [0.05, 0.1) is 11.1 Å². The SMILES string of the molecule is C=C(C)C(=O)Nc1ccc(-c2c(-c3cccc(O)c3)c3c(N)ncnc3n2C)cc1. The van der Waals surface area contributed by atoms with Crippen LogP contribution in [0.25, 0.3) is 33.4 Å². The van der Waals surface area contributed by atoms with Crippen LogP contribution in [-0.4, -0.2) is 25.5 Å². The number of hydrogen-bond acceptors (Lipinski definition) is 5. The zero-order chi connectivity index (χ0) is 21.4. The molecular weight excluding hydrogens is 378 g/mol. The summed E-state index contributed by atoms with van der Waals surface area (Å²) in [5, 5.41) is 13.6. The Hall–Kier alpha value is -4.13. The van der Waals surface area contributed by atoms with Gasteiger partial charge in [-0.1, -0.05) is 30.8 Å². The number of phenolic OH excluding ortho intramolecular Hbond substituents is 1. The van der Waals surface area contributed by atoms with Crippen molar-refractivity contribution in [3.8, 4) is 28.1 Å². The minimum Gasteiger partial charge on any atom is -0.508 e. The lowest BCUT2D eigenvalue weighted by Gasteiger charge is -2.11. The monoisotopic (exact) mass is 399 g/mol. The Morgan fingerprint density at radius 2 is 1.87 bits per heavy atom. The van der Waals surface area contributed by atoms with Crippen LogP contribution in [0.15, 0.2) is 67.0 Å². The number of aryl methyl sites for hydroxylation is 1. The van der Waals surface area contributed by atoms with E-state index in [9.17, 15) is 9.90 Å². The number of nitrogens with zero attached hydrogens (tertiary/aromatic N) is 3. The fraction of sp³-hybridized carbons (Fsp3) is 0.0870. The highest BCUT2D eigenvalue weighted by atomic mass is 16.3. The summed E-state index contributed by atoms with van der Waals surface area (Å²) < 4.78 is 1.95. The maximum Gasteiger partial charge on any atom is 0.250 e. The number of anilines is 2. The summed E-state index contributed by atoms with van der Waals surface area (Å²) in [7, 11) is 1.91. The molecule has 0 unspecified atom stereocenters. The number of nitrogens with one attached hydrogen (secondary N) is 1. The first-order valence-corrected chi connectivity index (χ1v) is 9.32. The molecule has 0 aliphatic rings. The number of benzene rings is 2. The predicted octanol–water partition coefficient (Wildman–Crippen LogP) is 4.10.